The fraction of sp³-hybridized carbons (Fsp3) is 0.857. The van der Waals surface area contributed by atoms with Crippen LogP contribution in [0.4, 0.5) is 0 Å². The summed E-state index contributed by atoms with van der Waals surface area (Å²) >= 11 is 0. The summed E-state index contributed by atoms with van der Waals surface area (Å²) in [5.41, 5.74) is -1.50. The average Bonchev–Trinajstić information content (AvgIpc) is 3.40. The molecule has 7 fully saturated rings. The van der Waals surface area contributed by atoms with E-state index in [-0.39, 0.29) is 51.9 Å². The molecule has 58 heavy (non-hydrogen) atoms. The number of hydrogen-bond donors (Lipinski definition) is 7. The monoisotopic (exact) mass is 820 g/mol. The lowest BCUT2D eigenvalue weighted by molar-refractivity contribution is -0.371. The molecule has 8 rings (SSSR count). The molecule has 0 spiro atoms. The van der Waals surface area contributed by atoms with Gasteiger partial charge in [-0.15, -0.1) is 0 Å². The summed E-state index contributed by atoms with van der Waals surface area (Å²) in [5, 5.41) is 72.8. The standard InChI is InChI=1S/C42H60O16/c1-37(2)20-8-11-42(7)31(19(43)14-17-18-15-38(3)16-22(55-36(38)53)39(18,4)12-13-41(17,42)6)40(20,5)10-9-21(37)54-35-30(26(47)25(46)29(57-35)33(51)52)58-34-27(48)23(44)24(45)28(56-34)32(49)50/h14,18,20-31,34-35,44-48H,8-13,15-16H2,1-7H3,(H,49,50)(H,51,52)/t18?,20?,21-,22+,23-,24-,25-,26-,27+,28?,29-,30+,31?,34-,35+,38+,39+,40-,41+,42+/m0/s1. The number of carbonyl (C=O) groups excluding carboxylic acids is 2. The maximum absolute atomic E-state index is 14.9. The molecule has 16 nitrogen and oxygen atoms in total. The van der Waals surface area contributed by atoms with Crippen molar-refractivity contribution >= 4 is 23.7 Å². The highest BCUT2D eigenvalue weighted by Gasteiger charge is 2.72. The molecule has 5 aliphatic carbocycles. The zero-order valence-electron chi connectivity index (χ0n) is 34.2. The van der Waals surface area contributed by atoms with Crippen LogP contribution in [0.1, 0.15) is 99.8 Å². The molecular weight excluding hydrogens is 760 g/mol. The van der Waals surface area contributed by atoms with Crippen LogP contribution in [-0.4, -0.2) is 133 Å². The van der Waals surface area contributed by atoms with E-state index >= 15 is 0 Å². The summed E-state index contributed by atoms with van der Waals surface area (Å²) in [7, 11) is 0. The van der Waals surface area contributed by atoms with Gasteiger partial charge in [-0.3, -0.25) is 9.59 Å². The number of carboxylic acid groups (broad SMARTS) is 2. The number of carboxylic acids is 2. The Bertz CT molecular complexity index is 1780. The Kier molecular flexibility index (Phi) is 9.80. The summed E-state index contributed by atoms with van der Waals surface area (Å²) in [6.07, 6.45) is -12.8. The van der Waals surface area contributed by atoms with Gasteiger partial charge in [0.25, 0.3) is 0 Å². The molecule has 20 atom stereocenters. The summed E-state index contributed by atoms with van der Waals surface area (Å²) in [6.45, 7) is 15.1. The van der Waals surface area contributed by atoms with E-state index in [0.29, 0.717) is 25.7 Å². The Morgan fingerprint density at radius 3 is 1.97 bits per heavy atom. The lowest BCUT2D eigenvalue weighted by atomic mass is 9.33. The van der Waals surface area contributed by atoms with Crippen molar-refractivity contribution in [1.82, 2.24) is 0 Å². The SMILES string of the molecule is CC1(C)C2CC[C@]3(C)C(C(=O)C=C4C5C[C@]6(C)C[C@@H](OC6=O)[C@]5(C)CC[C@]43C)[C@@]2(C)CC[C@@H]1O[C@@H]1O[C@H](C(=O)O)[C@@H](O)[C@H](O)[C@H]1O[C@@H]1OC(C(=O)O)[C@@H](O)[C@H](O)[C@H]1O. The molecule has 4 unspecified atom stereocenters. The van der Waals surface area contributed by atoms with E-state index in [2.05, 4.69) is 27.7 Å². The number of aliphatic carboxylic acids is 2. The first-order valence-electron chi connectivity index (χ1n) is 20.8. The van der Waals surface area contributed by atoms with E-state index < -0.39 is 95.7 Å². The molecular formula is C42H60O16. The first-order chi connectivity index (χ1) is 26.9. The van der Waals surface area contributed by atoms with Crippen LogP contribution in [0.3, 0.4) is 0 Å². The number of carbonyl (C=O) groups is 4. The molecule has 0 amide bonds. The predicted octanol–water partition coefficient (Wildman–Crippen LogP) is 1.70. The molecule has 0 aromatic carbocycles. The van der Waals surface area contributed by atoms with Crippen molar-refractivity contribution in [2.75, 3.05) is 0 Å². The third-order valence-corrected chi connectivity index (χ3v) is 17.5. The minimum atomic E-state index is -2.04. The Balaban J connectivity index is 1.08. The lowest BCUT2D eigenvalue weighted by Crippen LogP contribution is -2.68. The van der Waals surface area contributed by atoms with E-state index in [1.807, 2.05) is 26.8 Å². The summed E-state index contributed by atoms with van der Waals surface area (Å²) in [4.78, 5) is 51.9. The number of allylic oxidation sites excluding steroid dienone is 2. The number of ether oxygens (including phenoxy) is 5. The van der Waals surface area contributed by atoms with Gasteiger partial charge in [-0.05, 0) is 91.4 Å². The molecule has 7 N–H and O–H groups in total. The van der Waals surface area contributed by atoms with Crippen molar-refractivity contribution in [2.24, 2.45) is 50.2 Å². The minimum absolute atomic E-state index is 0.0481. The number of rotatable bonds is 6. The van der Waals surface area contributed by atoms with Gasteiger partial charge in [-0.25, -0.2) is 9.59 Å². The van der Waals surface area contributed by atoms with Gasteiger partial charge in [0.15, 0.2) is 30.6 Å². The maximum Gasteiger partial charge on any atom is 0.335 e. The van der Waals surface area contributed by atoms with Crippen LogP contribution in [0, 0.1) is 50.2 Å². The molecule has 8 aliphatic rings. The number of hydrogen-bond acceptors (Lipinski definition) is 14. The third-order valence-electron chi connectivity index (χ3n) is 17.5. The van der Waals surface area contributed by atoms with Gasteiger partial charge < -0.3 is 59.4 Å². The maximum atomic E-state index is 14.9. The second-order valence-corrected chi connectivity index (χ2v) is 20.8. The van der Waals surface area contributed by atoms with Gasteiger partial charge in [-0.2, -0.15) is 0 Å². The van der Waals surface area contributed by atoms with Crippen LogP contribution in [0.15, 0.2) is 11.6 Å². The van der Waals surface area contributed by atoms with Gasteiger partial charge in [0.2, 0.25) is 0 Å². The Hall–Kier alpha value is -2.54. The first-order valence-corrected chi connectivity index (χ1v) is 20.8. The van der Waals surface area contributed by atoms with E-state index in [4.69, 9.17) is 23.7 Å². The van der Waals surface area contributed by atoms with Crippen LogP contribution < -0.4 is 0 Å². The molecule has 0 aromatic rings. The molecule has 0 radical (unpaired) electrons. The Morgan fingerprint density at radius 1 is 0.707 bits per heavy atom. The fourth-order valence-corrected chi connectivity index (χ4v) is 13.9. The fourth-order valence-electron chi connectivity index (χ4n) is 13.9. The summed E-state index contributed by atoms with van der Waals surface area (Å²) < 4.78 is 29.4. The largest absolute Gasteiger partial charge is 0.479 e. The Morgan fingerprint density at radius 2 is 1.33 bits per heavy atom. The zero-order chi connectivity index (χ0) is 42.4. The first kappa shape index (κ1) is 42.2. The van der Waals surface area contributed by atoms with Gasteiger partial charge in [-0.1, -0.05) is 47.1 Å². The average molecular weight is 821 g/mol. The summed E-state index contributed by atoms with van der Waals surface area (Å²) in [5.74, 6) is -3.64. The van der Waals surface area contributed by atoms with Gasteiger partial charge in [0.1, 0.15) is 42.7 Å². The van der Waals surface area contributed by atoms with Crippen LogP contribution in [0.5, 0.6) is 0 Å². The second-order valence-electron chi connectivity index (χ2n) is 20.8. The highest BCUT2D eigenvalue weighted by atomic mass is 16.8. The minimum Gasteiger partial charge on any atom is -0.479 e. The molecule has 324 valence electrons. The molecule has 0 aromatic heterocycles. The highest BCUT2D eigenvalue weighted by Crippen LogP contribution is 2.76. The van der Waals surface area contributed by atoms with Gasteiger partial charge in [0.05, 0.1) is 11.5 Å². The second kappa shape index (κ2) is 13.5. The zero-order valence-corrected chi connectivity index (χ0v) is 34.2. The molecule has 3 saturated heterocycles. The van der Waals surface area contributed by atoms with Crippen LogP contribution >= 0.6 is 0 Å². The highest BCUT2D eigenvalue weighted by molar-refractivity contribution is 5.96. The normalized spacial score (nSPS) is 54.6. The van der Waals surface area contributed by atoms with Crippen molar-refractivity contribution in [3.05, 3.63) is 11.6 Å². The lowest BCUT2D eigenvalue weighted by Gasteiger charge is -2.70. The molecule has 3 heterocycles. The third kappa shape index (κ3) is 5.64. The number of aliphatic hydroxyl groups excluding tert-OH is 5. The van der Waals surface area contributed by atoms with E-state index in [0.717, 1.165) is 31.3 Å². The molecule has 16 heteroatoms. The van der Waals surface area contributed by atoms with Crippen molar-refractivity contribution in [3.8, 4) is 0 Å². The van der Waals surface area contributed by atoms with Crippen molar-refractivity contribution in [3.63, 3.8) is 0 Å². The van der Waals surface area contributed by atoms with Crippen LogP contribution in [0.2, 0.25) is 0 Å². The van der Waals surface area contributed by atoms with Crippen LogP contribution in [-0.2, 0) is 42.9 Å². The quantitative estimate of drug-likeness (QED) is 0.149. The van der Waals surface area contributed by atoms with Crippen molar-refractivity contribution in [2.45, 2.75) is 173 Å². The van der Waals surface area contributed by atoms with E-state index in [1.165, 1.54) is 0 Å². The van der Waals surface area contributed by atoms with E-state index in [9.17, 15) is 54.9 Å². The predicted molar refractivity (Wildman–Crippen MR) is 197 cm³/mol. The smallest absolute Gasteiger partial charge is 0.335 e. The van der Waals surface area contributed by atoms with E-state index in [1.54, 1.807) is 0 Å². The summed E-state index contributed by atoms with van der Waals surface area (Å²) in [6, 6.07) is 0. The van der Waals surface area contributed by atoms with Gasteiger partial charge in [0, 0.05) is 17.8 Å². The topological polar surface area (TPSA) is 256 Å². The molecule has 4 saturated carbocycles. The number of fused-ring (bicyclic) bond motifs is 10. The number of ketones is 1. The molecule has 2 bridgehead atoms. The molecule has 3 aliphatic heterocycles. The van der Waals surface area contributed by atoms with Crippen molar-refractivity contribution in [1.29, 1.82) is 0 Å². The van der Waals surface area contributed by atoms with Gasteiger partial charge >= 0.3 is 17.9 Å². The Labute approximate surface area is 337 Å². The number of esters is 1. The number of aliphatic hydroxyl groups is 5. The van der Waals surface area contributed by atoms with Crippen LogP contribution in [0.25, 0.3) is 0 Å². The van der Waals surface area contributed by atoms with Crippen molar-refractivity contribution < 1.29 is 78.6 Å².